The maximum Gasteiger partial charge on any atom is 0.408 e. The third kappa shape index (κ3) is 22.4. The normalized spacial score (nSPS) is 12.8. The van der Waals surface area contributed by atoms with Crippen molar-refractivity contribution in [2.24, 2.45) is 0 Å². The van der Waals surface area contributed by atoms with Crippen molar-refractivity contribution in [3.63, 3.8) is 0 Å². The molecule has 0 spiro atoms. The molecule has 3 N–H and O–H groups in total. The van der Waals surface area contributed by atoms with Crippen molar-refractivity contribution in [2.75, 3.05) is 14.2 Å². The second kappa shape index (κ2) is 17.2. The Morgan fingerprint density at radius 1 is 0.600 bits per heavy atom. The van der Waals surface area contributed by atoms with Crippen LogP contribution in [0.2, 0.25) is 0 Å². The van der Waals surface area contributed by atoms with Gasteiger partial charge in [0.25, 0.3) is 0 Å². The molecule has 0 bridgehead atoms. The Kier molecular flexibility index (Phi) is 16.6. The van der Waals surface area contributed by atoms with E-state index >= 15 is 0 Å². The van der Waals surface area contributed by atoms with Crippen LogP contribution in [0, 0.1) is 0 Å². The number of rotatable bonds is 10. The summed E-state index contributed by atoms with van der Waals surface area (Å²) in [6, 6.07) is -2.16. The van der Waals surface area contributed by atoms with Gasteiger partial charge in [-0.2, -0.15) is 0 Å². The molecule has 0 radical (unpaired) electrons. The van der Waals surface area contributed by atoms with Gasteiger partial charge >= 0.3 is 36.1 Å². The standard InChI is InChI=1S/C15H27NO6.C11H19NO6/c1-14(2,3)21-12(18)10(8-9-11(17)20-7)16-13(19)22-15(4,5)6;1-11(2,3)18-10(16)12-7(9(14)15)5-6-8(13)17-4/h10H,8-9H2,1-7H3,(H,16,19);7H,5-6H2,1-4H3,(H,12,16)(H,14,15). The van der Waals surface area contributed by atoms with Gasteiger partial charge in [-0.3, -0.25) is 9.59 Å². The van der Waals surface area contributed by atoms with Crippen molar-refractivity contribution in [1.29, 1.82) is 0 Å². The number of alkyl carbamates (subject to hydrolysis) is 2. The fraction of sp³-hybridized carbons (Fsp3) is 0.769. The van der Waals surface area contributed by atoms with Crippen LogP contribution in [0.25, 0.3) is 0 Å². The summed E-state index contributed by atoms with van der Waals surface area (Å²) in [6.07, 6.45) is -1.67. The maximum atomic E-state index is 12.1. The van der Waals surface area contributed by atoms with E-state index in [1.165, 1.54) is 14.2 Å². The number of hydrogen-bond acceptors (Lipinski definition) is 11. The molecule has 0 aromatic rings. The molecule has 14 nitrogen and oxygen atoms in total. The predicted molar refractivity (Wildman–Crippen MR) is 142 cm³/mol. The number of methoxy groups -OCH3 is 2. The van der Waals surface area contributed by atoms with Crippen LogP contribution in [-0.4, -0.2) is 84.3 Å². The molecule has 0 aliphatic rings. The van der Waals surface area contributed by atoms with Gasteiger partial charge < -0.3 is 39.4 Å². The first-order chi connectivity index (χ1) is 18.0. The van der Waals surface area contributed by atoms with Crippen molar-refractivity contribution in [3.8, 4) is 0 Å². The average Bonchev–Trinajstić information content (AvgIpc) is 2.75. The van der Waals surface area contributed by atoms with E-state index in [1.807, 2.05) is 0 Å². The first-order valence-corrected chi connectivity index (χ1v) is 12.6. The average molecular weight is 579 g/mol. The van der Waals surface area contributed by atoms with E-state index in [2.05, 4.69) is 20.1 Å². The van der Waals surface area contributed by atoms with Crippen molar-refractivity contribution in [2.45, 2.75) is 117 Å². The van der Waals surface area contributed by atoms with Crippen molar-refractivity contribution in [3.05, 3.63) is 0 Å². The molecule has 232 valence electrons. The lowest BCUT2D eigenvalue weighted by molar-refractivity contribution is -0.158. The molecule has 2 atom stereocenters. The van der Waals surface area contributed by atoms with Gasteiger partial charge in [0.1, 0.15) is 28.9 Å². The lowest BCUT2D eigenvalue weighted by Crippen LogP contribution is -2.46. The third-order valence-electron chi connectivity index (χ3n) is 4.10. The summed E-state index contributed by atoms with van der Waals surface area (Å²) >= 11 is 0. The van der Waals surface area contributed by atoms with E-state index in [-0.39, 0.29) is 25.7 Å². The minimum absolute atomic E-state index is 0.0177. The van der Waals surface area contributed by atoms with Gasteiger partial charge in [0.15, 0.2) is 0 Å². The Morgan fingerprint density at radius 2 is 0.925 bits per heavy atom. The first kappa shape index (κ1) is 38.6. The third-order valence-corrected chi connectivity index (χ3v) is 4.10. The van der Waals surface area contributed by atoms with Gasteiger partial charge in [-0.1, -0.05) is 0 Å². The molecule has 0 saturated heterocycles. The number of carboxylic acid groups (broad SMARTS) is 1. The number of carbonyl (C=O) groups is 6. The highest BCUT2D eigenvalue weighted by Gasteiger charge is 2.29. The second-order valence-electron chi connectivity index (χ2n) is 11.5. The van der Waals surface area contributed by atoms with E-state index in [0.29, 0.717) is 0 Å². The van der Waals surface area contributed by atoms with Crippen LogP contribution >= 0.6 is 0 Å². The summed E-state index contributed by atoms with van der Waals surface area (Å²) in [5, 5.41) is 13.5. The van der Waals surface area contributed by atoms with Crippen LogP contribution in [0.1, 0.15) is 88.0 Å². The molecule has 0 heterocycles. The van der Waals surface area contributed by atoms with Gasteiger partial charge in [-0.25, -0.2) is 19.2 Å². The minimum atomic E-state index is -1.23. The maximum absolute atomic E-state index is 12.1. The molecule has 40 heavy (non-hydrogen) atoms. The van der Waals surface area contributed by atoms with Crippen LogP contribution in [0.15, 0.2) is 0 Å². The fourth-order valence-electron chi connectivity index (χ4n) is 2.51. The highest BCUT2D eigenvalue weighted by Crippen LogP contribution is 2.13. The fourth-order valence-corrected chi connectivity index (χ4v) is 2.51. The Hall–Kier alpha value is -3.58. The predicted octanol–water partition coefficient (Wildman–Crippen LogP) is 3.09. The SMILES string of the molecule is COC(=O)CCC(NC(=O)OC(C)(C)C)C(=O)O.COC(=O)CCC(NC(=O)OC(C)(C)C)C(=O)OC(C)(C)C. The molecule has 0 aliphatic heterocycles. The summed E-state index contributed by atoms with van der Waals surface area (Å²) in [6.45, 7) is 15.3. The van der Waals surface area contributed by atoms with Gasteiger partial charge in [0.2, 0.25) is 0 Å². The summed E-state index contributed by atoms with van der Waals surface area (Å²) in [7, 11) is 2.46. The van der Waals surface area contributed by atoms with Gasteiger partial charge in [-0.15, -0.1) is 0 Å². The van der Waals surface area contributed by atoms with Crippen molar-refractivity contribution in [1.82, 2.24) is 10.6 Å². The highest BCUT2D eigenvalue weighted by atomic mass is 16.6. The van der Waals surface area contributed by atoms with Crippen LogP contribution < -0.4 is 10.6 Å². The van der Waals surface area contributed by atoms with Gasteiger partial charge in [-0.05, 0) is 75.2 Å². The number of carboxylic acids is 1. The Balaban J connectivity index is 0. The number of amides is 2. The molecule has 0 fully saturated rings. The second-order valence-corrected chi connectivity index (χ2v) is 11.5. The largest absolute Gasteiger partial charge is 0.480 e. The first-order valence-electron chi connectivity index (χ1n) is 12.6. The highest BCUT2D eigenvalue weighted by molar-refractivity contribution is 5.82. The molecule has 2 unspecified atom stereocenters. The number of carbonyl (C=O) groups excluding carboxylic acids is 5. The monoisotopic (exact) mass is 578 g/mol. The van der Waals surface area contributed by atoms with E-state index < -0.39 is 65.0 Å². The zero-order valence-corrected chi connectivity index (χ0v) is 25.4. The zero-order chi connectivity index (χ0) is 31.9. The zero-order valence-electron chi connectivity index (χ0n) is 25.4. The van der Waals surface area contributed by atoms with E-state index in [4.69, 9.17) is 19.3 Å². The van der Waals surface area contributed by atoms with Crippen molar-refractivity contribution >= 4 is 36.1 Å². The quantitative estimate of drug-likeness (QED) is 0.254. The van der Waals surface area contributed by atoms with Gasteiger partial charge in [0.05, 0.1) is 14.2 Å². The number of ether oxygens (including phenoxy) is 5. The van der Waals surface area contributed by atoms with E-state index in [0.717, 1.165) is 0 Å². The molecule has 0 aromatic heterocycles. The summed E-state index contributed by atoms with van der Waals surface area (Å²) in [5.41, 5.74) is -2.10. The van der Waals surface area contributed by atoms with Crippen LogP contribution in [-0.2, 0) is 42.9 Å². The molecule has 0 saturated carbocycles. The summed E-state index contributed by atoms with van der Waals surface area (Å²) in [5.74, 6) is -2.86. The molecule has 14 heteroatoms. The smallest absolute Gasteiger partial charge is 0.408 e. The molecular formula is C26H46N2O12. The molecule has 0 aliphatic carbocycles. The Bertz CT molecular complexity index is 866. The van der Waals surface area contributed by atoms with Crippen molar-refractivity contribution < 1.29 is 57.6 Å². The number of aliphatic carboxylic acids is 1. The number of esters is 3. The van der Waals surface area contributed by atoms with Crippen LogP contribution in [0.3, 0.4) is 0 Å². The lowest BCUT2D eigenvalue weighted by atomic mass is 10.1. The lowest BCUT2D eigenvalue weighted by Gasteiger charge is -2.26. The van der Waals surface area contributed by atoms with Crippen LogP contribution in [0.5, 0.6) is 0 Å². The number of hydrogen-bond donors (Lipinski definition) is 3. The Labute approximate surface area is 235 Å². The summed E-state index contributed by atoms with van der Waals surface area (Å²) < 4.78 is 24.2. The Morgan fingerprint density at radius 3 is 1.23 bits per heavy atom. The minimum Gasteiger partial charge on any atom is -0.480 e. The molecule has 0 rings (SSSR count). The molecule has 2 amide bonds. The van der Waals surface area contributed by atoms with Crippen LogP contribution in [0.4, 0.5) is 9.59 Å². The number of nitrogens with one attached hydrogen (secondary N) is 2. The molecular weight excluding hydrogens is 532 g/mol. The topological polar surface area (TPSA) is 193 Å². The molecule has 0 aromatic carbocycles. The van der Waals surface area contributed by atoms with Gasteiger partial charge in [0, 0.05) is 12.8 Å². The van der Waals surface area contributed by atoms with E-state index in [1.54, 1.807) is 62.3 Å². The summed E-state index contributed by atoms with van der Waals surface area (Å²) in [4.78, 5) is 68.3. The van der Waals surface area contributed by atoms with E-state index in [9.17, 15) is 28.8 Å².